The van der Waals surface area contributed by atoms with Crippen molar-refractivity contribution < 1.29 is 27.5 Å². The molecule has 10 heteroatoms. The number of hydrogen-bond acceptors (Lipinski definition) is 8. The molecule has 0 saturated heterocycles. The highest BCUT2D eigenvalue weighted by Gasteiger charge is 2.33. The van der Waals surface area contributed by atoms with Crippen molar-refractivity contribution in [2.75, 3.05) is 24.3 Å². The zero-order valence-electron chi connectivity index (χ0n) is 16.8. The van der Waals surface area contributed by atoms with Crippen LogP contribution in [-0.2, 0) is 24.1 Å². The van der Waals surface area contributed by atoms with Crippen LogP contribution in [0, 0.1) is 12.8 Å². The third-order valence-corrected chi connectivity index (χ3v) is 6.91. The summed E-state index contributed by atoms with van der Waals surface area (Å²) in [4.78, 5) is 29.4. The largest absolute Gasteiger partial charge is 0.486 e. The molecule has 0 aliphatic carbocycles. The van der Waals surface area contributed by atoms with Gasteiger partial charge in [0.1, 0.15) is 16.4 Å². The first-order valence-corrected chi connectivity index (χ1v) is 11.8. The monoisotopic (exact) mass is 450 g/mol. The predicted octanol–water partition coefficient (Wildman–Crippen LogP) is 3.02. The molecule has 0 atom stereocenters. The zero-order chi connectivity index (χ0) is 21.9. The number of aryl methyl sites for hydroxylation is 1. The second kappa shape index (κ2) is 8.97. The molecule has 0 bridgehead atoms. The van der Waals surface area contributed by atoms with Gasteiger partial charge in [-0.05, 0) is 18.4 Å². The van der Waals surface area contributed by atoms with E-state index in [9.17, 15) is 18.0 Å². The van der Waals surface area contributed by atoms with E-state index in [1.165, 1.54) is 0 Å². The summed E-state index contributed by atoms with van der Waals surface area (Å²) in [5.74, 6) is -1.57. The summed E-state index contributed by atoms with van der Waals surface area (Å²) in [7, 11) is -3.69. The molecule has 0 radical (unpaired) electrons. The Morgan fingerprint density at radius 3 is 2.63 bits per heavy atom. The normalized spacial score (nSPS) is 15.6. The Hall–Kier alpha value is -2.72. The lowest BCUT2D eigenvalue weighted by Crippen LogP contribution is -2.28. The van der Waals surface area contributed by atoms with Crippen molar-refractivity contribution in [1.29, 1.82) is 0 Å². The van der Waals surface area contributed by atoms with Gasteiger partial charge in [0.2, 0.25) is 5.76 Å². The van der Waals surface area contributed by atoms with Gasteiger partial charge in [-0.2, -0.15) is 0 Å². The Labute approximate surface area is 178 Å². The van der Waals surface area contributed by atoms with Crippen LogP contribution < -0.4 is 5.32 Å². The summed E-state index contributed by atoms with van der Waals surface area (Å²) in [6.45, 7) is 5.64. The van der Waals surface area contributed by atoms with Gasteiger partial charge in [0.15, 0.2) is 15.0 Å². The Bertz CT molecular complexity index is 1090. The third-order valence-electron chi connectivity index (χ3n) is 4.11. The third kappa shape index (κ3) is 4.88. The van der Waals surface area contributed by atoms with E-state index in [1.807, 2.05) is 13.8 Å². The van der Waals surface area contributed by atoms with Crippen molar-refractivity contribution in [3.8, 4) is 0 Å². The van der Waals surface area contributed by atoms with Crippen molar-refractivity contribution in [2.24, 2.45) is 5.92 Å². The van der Waals surface area contributed by atoms with Gasteiger partial charge in [-0.1, -0.05) is 55.5 Å². The predicted molar refractivity (Wildman–Crippen MR) is 114 cm³/mol. The van der Waals surface area contributed by atoms with E-state index < -0.39 is 21.7 Å². The van der Waals surface area contributed by atoms with Gasteiger partial charge < -0.3 is 9.47 Å². The quantitative estimate of drug-likeness (QED) is 0.673. The van der Waals surface area contributed by atoms with Crippen LogP contribution in [-0.4, -0.2) is 44.2 Å². The average molecular weight is 451 g/mol. The number of thiazole rings is 1. The number of esters is 1. The smallest absolute Gasteiger partial charge is 0.350 e. The average Bonchev–Trinajstić information content (AvgIpc) is 3.05. The molecule has 1 N–H and O–H groups in total. The highest BCUT2D eigenvalue weighted by Crippen LogP contribution is 2.31. The summed E-state index contributed by atoms with van der Waals surface area (Å²) in [5.41, 5.74) is 0.786. The van der Waals surface area contributed by atoms with Crippen LogP contribution in [0.4, 0.5) is 5.13 Å². The molecule has 1 aromatic heterocycles. The topological polar surface area (TPSA) is 112 Å². The number of carbonyl (C=O) groups is 2. The lowest BCUT2D eigenvalue weighted by Gasteiger charge is -2.20. The molecule has 1 aliphatic rings. The van der Waals surface area contributed by atoms with E-state index in [4.69, 9.17) is 9.47 Å². The number of nitrogens with zero attached hydrogens (tertiary/aromatic N) is 1. The number of hydrogen-bond donors (Lipinski definition) is 1. The van der Waals surface area contributed by atoms with E-state index in [1.54, 1.807) is 37.3 Å². The molecule has 160 valence electrons. The summed E-state index contributed by atoms with van der Waals surface area (Å²) < 4.78 is 35.9. The lowest BCUT2D eigenvalue weighted by atomic mass is 10.2. The maximum atomic E-state index is 12.8. The van der Waals surface area contributed by atoms with E-state index in [0.29, 0.717) is 11.3 Å². The van der Waals surface area contributed by atoms with Gasteiger partial charge in [-0.25, -0.2) is 18.2 Å². The van der Waals surface area contributed by atoms with Crippen molar-refractivity contribution >= 4 is 43.1 Å². The highest BCUT2D eigenvalue weighted by atomic mass is 32.2. The van der Waals surface area contributed by atoms with Crippen LogP contribution in [0.5, 0.6) is 0 Å². The lowest BCUT2D eigenvalue weighted by molar-refractivity contribution is -0.115. The molecule has 0 unspecified atom stereocenters. The molecule has 1 aliphatic heterocycles. The molecule has 30 heavy (non-hydrogen) atoms. The van der Waals surface area contributed by atoms with Crippen molar-refractivity contribution in [3.63, 3.8) is 0 Å². The van der Waals surface area contributed by atoms with Gasteiger partial charge in [0.05, 0.1) is 18.1 Å². The maximum absolute atomic E-state index is 12.8. The van der Waals surface area contributed by atoms with Crippen LogP contribution in [0.15, 0.2) is 36.1 Å². The first-order chi connectivity index (χ1) is 14.2. The number of benzene rings is 1. The summed E-state index contributed by atoms with van der Waals surface area (Å²) in [6, 6.07) is 8.32. The highest BCUT2D eigenvalue weighted by molar-refractivity contribution is 8.00. The number of ether oxygens (including phenoxy) is 2. The Morgan fingerprint density at radius 1 is 1.27 bits per heavy atom. The minimum atomic E-state index is -3.69. The summed E-state index contributed by atoms with van der Waals surface area (Å²) in [6.07, 6.45) is 0. The Kier molecular flexibility index (Phi) is 6.57. The minimum absolute atomic E-state index is 0.120. The first-order valence-electron chi connectivity index (χ1n) is 9.30. The Balaban J connectivity index is 1.88. The number of rotatable bonds is 6. The maximum Gasteiger partial charge on any atom is 0.350 e. The molecule has 2 aromatic rings. The fourth-order valence-corrected chi connectivity index (χ4v) is 5.02. The fourth-order valence-electron chi connectivity index (χ4n) is 2.73. The molecular formula is C20H22N2O6S2. The SMILES string of the molecule is Cc1nc(NC(=O)C2=C(c3ccccc3)S(=O)(=O)CCO2)sc1C(=O)OCC(C)C. The standard InChI is InChI=1S/C20H22N2O6S2/c1-12(2)11-28-19(24)16-13(3)21-20(29-16)22-18(23)15-17(14-7-5-4-6-8-14)30(25,26)10-9-27-15/h4-8,12H,9-11H2,1-3H3,(H,21,22,23). The van der Waals surface area contributed by atoms with Crippen molar-refractivity contribution in [3.05, 3.63) is 52.2 Å². The minimum Gasteiger partial charge on any atom is -0.486 e. The van der Waals surface area contributed by atoms with Crippen LogP contribution in [0.2, 0.25) is 0 Å². The fraction of sp³-hybridized carbons (Fsp3) is 0.350. The number of nitrogens with one attached hydrogen (secondary N) is 1. The molecule has 1 amide bonds. The molecule has 3 rings (SSSR count). The van der Waals surface area contributed by atoms with Gasteiger partial charge >= 0.3 is 5.97 Å². The number of carbonyl (C=O) groups excluding carboxylic acids is 2. The number of anilines is 1. The number of sulfone groups is 1. The van der Waals surface area contributed by atoms with Gasteiger partial charge in [-0.3, -0.25) is 10.1 Å². The molecule has 0 fully saturated rings. The van der Waals surface area contributed by atoms with E-state index >= 15 is 0 Å². The van der Waals surface area contributed by atoms with Gasteiger partial charge in [0.25, 0.3) is 5.91 Å². The molecule has 0 spiro atoms. The van der Waals surface area contributed by atoms with Crippen molar-refractivity contribution in [1.82, 2.24) is 4.98 Å². The van der Waals surface area contributed by atoms with E-state index in [2.05, 4.69) is 10.3 Å². The van der Waals surface area contributed by atoms with E-state index in [0.717, 1.165) is 11.3 Å². The second-order valence-corrected chi connectivity index (χ2v) is 10.1. The molecule has 8 nitrogen and oxygen atoms in total. The summed E-state index contributed by atoms with van der Waals surface area (Å²) >= 11 is 0.963. The molecule has 1 aromatic carbocycles. The second-order valence-electron chi connectivity index (χ2n) is 7.07. The van der Waals surface area contributed by atoms with Crippen LogP contribution in [0.1, 0.15) is 34.8 Å². The number of amides is 1. The van der Waals surface area contributed by atoms with Gasteiger partial charge in [0, 0.05) is 0 Å². The zero-order valence-corrected chi connectivity index (χ0v) is 18.4. The molecule has 0 saturated carbocycles. The van der Waals surface area contributed by atoms with Crippen molar-refractivity contribution in [2.45, 2.75) is 20.8 Å². The van der Waals surface area contributed by atoms with Gasteiger partial charge in [-0.15, -0.1) is 0 Å². The van der Waals surface area contributed by atoms with Crippen LogP contribution in [0.3, 0.4) is 0 Å². The Morgan fingerprint density at radius 2 is 1.97 bits per heavy atom. The van der Waals surface area contributed by atoms with Crippen LogP contribution >= 0.6 is 11.3 Å². The molecule has 2 heterocycles. The van der Waals surface area contributed by atoms with Crippen LogP contribution in [0.25, 0.3) is 4.91 Å². The van der Waals surface area contributed by atoms with E-state index in [-0.39, 0.29) is 45.6 Å². The number of aromatic nitrogens is 1. The first kappa shape index (κ1) is 22.0. The summed E-state index contributed by atoms with van der Waals surface area (Å²) in [5, 5.41) is 2.70. The molecular weight excluding hydrogens is 428 g/mol.